The fourth-order valence-electron chi connectivity index (χ4n) is 1.25. The number of carboxylic acids is 2. The standard InChI is InChI=1S/2C6H14N2O2.Fe/c2*7-4-2-1-3-5(8)6(9)10;/h2*5H,1-4,7-8H2,(H,9,10);/q;;+2/p-2. The summed E-state index contributed by atoms with van der Waals surface area (Å²) in [7, 11) is 0. The summed E-state index contributed by atoms with van der Waals surface area (Å²) in [6.07, 6.45) is 4.07. The maximum absolute atomic E-state index is 10.0. The van der Waals surface area contributed by atoms with Crippen LogP contribution < -0.4 is 33.1 Å². The molecule has 0 fully saturated rings. The average molecular weight is 346 g/mol. The quantitative estimate of drug-likeness (QED) is 0.231. The van der Waals surface area contributed by atoms with Crippen LogP contribution in [0.25, 0.3) is 0 Å². The fraction of sp³-hybridized carbons (Fsp3) is 0.833. The summed E-state index contributed by atoms with van der Waals surface area (Å²) >= 11 is 0. The summed E-state index contributed by atoms with van der Waals surface area (Å²) < 4.78 is 0. The van der Waals surface area contributed by atoms with Crippen molar-refractivity contribution in [2.24, 2.45) is 22.9 Å². The van der Waals surface area contributed by atoms with E-state index in [1.54, 1.807) is 0 Å². The van der Waals surface area contributed by atoms with Gasteiger partial charge in [-0.25, -0.2) is 0 Å². The van der Waals surface area contributed by atoms with E-state index in [9.17, 15) is 19.8 Å². The second kappa shape index (κ2) is 17.4. The Labute approximate surface area is 136 Å². The number of nitrogens with two attached hydrogens (primary N) is 4. The third kappa shape index (κ3) is 19.3. The molecule has 2 atom stereocenters. The first-order valence-corrected chi connectivity index (χ1v) is 6.69. The zero-order chi connectivity index (χ0) is 16.0. The van der Waals surface area contributed by atoms with Crippen molar-refractivity contribution < 1.29 is 36.9 Å². The molecule has 0 aromatic heterocycles. The molecule has 0 radical (unpaired) electrons. The number of hydrogen-bond acceptors (Lipinski definition) is 8. The summed E-state index contributed by atoms with van der Waals surface area (Å²) in [5.41, 5.74) is 20.7. The molecular weight excluding hydrogens is 320 g/mol. The predicted octanol–water partition coefficient (Wildman–Crippen LogP) is -3.62. The van der Waals surface area contributed by atoms with E-state index in [-0.39, 0.29) is 17.1 Å². The molecule has 0 spiro atoms. The van der Waals surface area contributed by atoms with Gasteiger partial charge in [-0.2, -0.15) is 0 Å². The number of aliphatic carboxylic acids is 2. The van der Waals surface area contributed by atoms with E-state index >= 15 is 0 Å². The predicted molar refractivity (Wildman–Crippen MR) is 71.8 cm³/mol. The maximum Gasteiger partial charge on any atom is 2.00 e. The van der Waals surface area contributed by atoms with Crippen LogP contribution in [0.5, 0.6) is 0 Å². The van der Waals surface area contributed by atoms with Crippen LogP contribution in [0.4, 0.5) is 0 Å². The molecule has 0 aliphatic heterocycles. The van der Waals surface area contributed by atoms with Crippen LogP contribution in [-0.4, -0.2) is 37.1 Å². The number of carbonyl (C=O) groups is 2. The number of unbranched alkanes of at least 4 members (excludes halogenated alkanes) is 2. The molecule has 126 valence electrons. The van der Waals surface area contributed by atoms with Gasteiger partial charge in [-0.05, 0) is 38.8 Å². The van der Waals surface area contributed by atoms with Crippen molar-refractivity contribution in [3.8, 4) is 0 Å². The number of hydrogen-bond donors (Lipinski definition) is 4. The van der Waals surface area contributed by atoms with Gasteiger partial charge >= 0.3 is 17.1 Å². The topological polar surface area (TPSA) is 184 Å². The smallest absolute Gasteiger partial charge is 0.548 e. The molecule has 9 heteroatoms. The van der Waals surface area contributed by atoms with Gasteiger partial charge in [0.25, 0.3) is 0 Å². The summed E-state index contributed by atoms with van der Waals surface area (Å²) in [4.78, 5) is 20.1. The Hall–Kier alpha value is -0.701. The van der Waals surface area contributed by atoms with E-state index in [1.165, 1.54) is 0 Å². The van der Waals surface area contributed by atoms with Crippen molar-refractivity contribution in [3.63, 3.8) is 0 Å². The molecule has 0 aliphatic rings. The normalized spacial score (nSPS) is 12.4. The maximum atomic E-state index is 10.0. The zero-order valence-corrected chi connectivity index (χ0v) is 13.2. The first kappa shape index (κ1) is 25.3. The molecular formula is C12H26FeN4O4. The Bertz CT molecular complexity index is 244. The summed E-state index contributed by atoms with van der Waals surface area (Å²) in [5.74, 6) is -2.37. The van der Waals surface area contributed by atoms with E-state index in [1.807, 2.05) is 0 Å². The van der Waals surface area contributed by atoms with E-state index in [0.717, 1.165) is 25.7 Å². The van der Waals surface area contributed by atoms with Crippen molar-refractivity contribution in [1.82, 2.24) is 0 Å². The van der Waals surface area contributed by atoms with Crippen LogP contribution in [0.2, 0.25) is 0 Å². The summed E-state index contributed by atoms with van der Waals surface area (Å²) in [5, 5.41) is 20.1. The summed E-state index contributed by atoms with van der Waals surface area (Å²) in [6, 6.07) is -1.65. The fourth-order valence-corrected chi connectivity index (χ4v) is 1.25. The Morgan fingerprint density at radius 3 is 1.24 bits per heavy atom. The molecule has 8 N–H and O–H groups in total. The van der Waals surface area contributed by atoms with Gasteiger partial charge in [0.05, 0.1) is 11.9 Å². The van der Waals surface area contributed by atoms with Gasteiger partial charge in [-0.15, -0.1) is 0 Å². The molecule has 0 amide bonds. The number of rotatable bonds is 10. The molecule has 0 heterocycles. The first-order chi connectivity index (χ1) is 9.36. The molecule has 0 aromatic carbocycles. The molecule has 0 aromatic rings. The van der Waals surface area contributed by atoms with Gasteiger partial charge in [0, 0.05) is 12.1 Å². The van der Waals surface area contributed by atoms with Gasteiger partial charge in [0.2, 0.25) is 0 Å². The first-order valence-electron chi connectivity index (χ1n) is 6.69. The second-order valence-electron chi connectivity index (χ2n) is 4.42. The van der Waals surface area contributed by atoms with E-state index < -0.39 is 24.0 Å². The molecule has 21 heavy (non-hydrogen) atoms. The van der Waals surface area contributed by atoms with Crippen LogP contribution in [-0.2, 0) is 26.7 Å². The third-order valence-corrected chi connectivity index (χ3v) is 2.54. The number of carboxylic acid groups (broad SMARTS) is 2. The monoisotopic (exact) mass is 346 g/mol. The molecule has 0 saturated carbocycles. The molecule has 0 aliphatic carbocycles. The Morgan fingerprint density at radius 2 is 1.05 bits per heavy atom. The van der Waals surface area contributed by atoms with Crippen LogP contribution in [0, 0.1) is 0 Å². The second-order valence-corrected chi connectivity index (χ2v) is 4.42. The van der Waals surface area contributed by atoms with Gasteiger partial charge in [0.15, 0.2) is 0 Å². The van der Waals surface area contributed by atoms with Crippen molar-refractivity contribution in [3.05, 3.63) is 0 Å². The van der Waals surface area contributed by atoms with Crippen LogP contribution in [0.15, 0.2) is 0 Å². The SMILES string of the molecule is NCCCCC(N)C(=O)[O-].NCCCCC(N)C(=O)[O-].[Fe+2]. The van der Waals surface area contributed by atoms with E-state index in [2.05, 4.69) is 0 Å². The van der Waals surface area contributed by atoms with E-state index in [4.69, 9.17) is 22.9 Å². The van der Waals surface area contributed by atoms with Gasteiger partial charge in [-0.1, -0.05) is 12.8 Å². The Morgan fingerprint density at radius 1 is 0.762 bits per heavy atom. The molecule has 0 bridgehead atoms. The molecule has 8 nitrogen and oxygen atoms in total. The van der Waals surface area contributed by atoms with Gasteiger partial charge in [0.1, 0.15) is 0 Å². The minimum Gasteiger partial charge on any atom is -0.548 e. The van der Waals surface area contributed by atoms with Crippen molar-refractivity contribution in [1.29, 1.82) is 0 Å². The number of carbonyl (C=O) groups excluding carboxylic acids is 2. The molecule has 2 unspecified atom stereocenters. The summed E-state index contributed by atoms with van der Waals surface area (Å²) in [6.45, 7) is 1.17. The van der Waals surface area contributed by atoms with Crippen molar-refractivity contribution >= 4 is 11.9 Å². The van der Waals surface area contributed by atoms with Crippen molar-refractivity contribution in [2.75, 3.05) is 13.1 Å². The van der Waals surface area contributed by atoms with Crippen molar-refractivity contribution in [2.45, 2.75) is 50.6 Å². The average Bonchev–Trinajstić information content (AvgIpc) is 2.39. The van der Waals surface area contributed by atoms with Crippen LogP contribution in [0.1, 0.15) is 38.5 Å². The van der Waals surface area contributed by atoms with Gasteiger partial charge < -0.3 is 42.7 Å². The Balaban J connectivity index is -0.000000295. The largest absolute Gasteiger partial charge is 2.00 e. The minimum absolute atomic E-state index is 0. The minimum atomic E-state index is -1.18. The molecule has 0 rings (SSSR count). The van der Waals surface area contributed by atoms with Gasteiger partial charge in [-0.3, -0.25) is 0 Å². The van der Waals surface area contributed by atoms with Crippen LogP contribution >= 0.6 is 0 Å². The molecule has 0 saturated heterocycles. The third-order valence-electron chi connectivity index (χ3n) is 2.54. The Kier molecular flexibility index (Phi) is 20.9. The zero-order valence-electron chi connectivity index (χ0n) is 12.1. The van der Waals surface area contributed by atoms with Crippen LogP contribution in [0.3, 0.4) is 0 Å². The van der Waals surface area contributed by atoms with E-state index in [0.29, 0.717) is 25.9 Å².